The van der Waals surface area contributed by atoms with Crippen LogP contribution >= 0.6 is 0 Å². The topological polar surface area (TPSA) is 77.8 Å². The fourth-order valence-corrected chi connectivity index (χ4v) is 3.34. The molecule has 0 atom stereocenters. The number of rotatable bonds is 3. The maximum absolute atomic E-state index is 13.0. The van der Waals surface area contributed by atoms with Crippen molar-refractivity contribution in [3.8, 4) is 11.1 Å². The minimum absolute atomic E-state index is 0.0211. The maximum Gasteiger partial charge on any atom is 0.417 e. The van der Waals surface area contributed by atoms with Gasteiger partial charge in [-0.15, -0.1) is 0 Å². The molecule has 0 saturated carbocycles. The summed E-state index contributed by atoms with van der Waals surface area (Å²) in [5.41, 5.74) is -1.83. The second-order valence-electron chi connectivity index (χ2n) is 6.72. The number of amides is 1. The van der Waals surface area contributed by atoms with Crippen LogP contribution in [0.5, 0.6) is 0 Å². The second-order valence-corrected chi connectivity index (χ2v) is 6.72. The van der Waals surface area contributed by atoms with E-state index in [0.29, 0.717) is 11.1 Å². The largest absolute Gasteiger partial charge is 0.478 e. The molecule has 1 aliphatic rings. The molecule has 1 heterocycles. The number of carbonyl (C=O) groups excluding carboxylic acids is 1. The lowest BCUT2D eigenvalue weighted by atomic mass is 9.89. The Kier molecular flexibility index (Phi) is 5.16. The molecule has 28 heavy (non-hydrogen) atoms. The number of aliphatic hydroxyl groups is 1. The Morgan fingerprint density at radius 3 is 1.86 bits per heavy atom. The summed E-state index contributed by atoms with van der Waals surface area (Å²) in [7, 11) is 0. The van der Waals surface area contributed by atoms with Gasteiger partial charge in [-0.1, -0.05) is 36.4 Å². The van der Waals surface area contributed by atoms with E-state index in [1.54, 1.807) is 36.4 Å². The lowest BCUT2D eigenvalue weighted by molar-refractivity contribution is -0.271. The summed E-state index contributed by atoms with van der Waals surface area (Å²) in [4.78, 5) is 25.7. The van der Waals surface area contributed by atoms with Crippen LogP contribution in [-0.4, -0.2) is 51.9 Å². The summed E-state index contributed by atoms with van der Waals surface area (Å²) in [6.07, 6.45) is -5.95. The quantitative estimate of drug-likeness (QED) is 0.836. The Balaban J connectivity index is 1.91. The standard InChI is InChI=1S/C20H18F3NO4/c21-20(22,23)19(28)9-11-24(12-10-19)17(25)15-7-3-1-5-13(15)14-6-2-4-8-16(14)18(26)27/h1-8,28H,9-12H2,(H,26,27). The molecule has 0 spiro atoms. The molecule has 0 aromatic heterocycles. The fraction of sp³-hybridized carbons (Fsp3) is 0.300. The molecule has 1 fully saturated rings. The van der Waals surface area contributed by atoms with Crippen molar-refractivity contribution in [3.05, 3.63) is 59.7 Å². The third kappa shape index (κ3) is 3.60. The number of carboxylic acid groups (broad SMARTS) is 1. The van der Waals surface area contributed by atoms with E-state index in [9.17, 15) is 33.0 Å². The van der Waals surface area contributed by atoms with Crippen LogP contribution in [0.1, 0.15) is 33.6 Å². The highest BCUT2D eigenvalue weighted by Gasteiger charge is 2.55. The number of hydrogen-bond acceptors (Lipinski definition) is 3. The number of piperidine rings is 1. The van der Waals surface area contributed by atoms with E-state index in [2.05, 4.69) is 0 Å². The Morgan fingerprint density at radius 1 is 0.893 bits per heavy atom. The minimum Gasteiger partial charge on any atom is -0.478 e. The van der Waals surface area contributed by atoms with Crippen LogP contribution in [-0.2, 0) is 0 Å². The molecule has 1 aliphatic heterocycles. The van der Waals surface area contributed by atoms with Crippen molar-refractivity contribution in [2.45, 2.75) is 24.6 Å². The zero-order valence-corrected chi connectivity index (χ0v) is 14.7. The van der Waals surface area contributed by atoms with E-state index >= 15 is 0 Å². The zero-order chi connectivity index (χ0) is 20.5. The number of halogens is 3. The van der Waals surface area contributed by atoms with Crippen LogP contribution in [0.15, 0.2) is 48.5 Å². The third-order valence-corrected chi connectivity index (χ3v) is 5.01. The fourth-order valence-electron chi connectivity index (χ4n) is 3.34. The van der Waals surface area contributed by atoms with Gasteiger partial charge in [0.2, 0.25) is 0 Å². The summed E-state index contributed by atoms with van der Waals surface area (Å²) in [6, 6.07) is 12.6. The van der Waals surface area contributed by atoms with E-state index in [1.807, 2.05) is 0 Å². The van der Waals surface area contributed by atoms with Crippen LogP contribution in [0.2, 0.25) is 0 Å². The van der Waals surface area contributed by atoms with Crippen molar-refractivity contribution < 1.29 is 33.0 Å². The number of carboxylic acids is 1. The molecule has 0 unspecified atom stereocenters. The summed E-state index contributed by atoms with van der Waals surface area (Å²) in [5, 5.41) is 19.2. The highest BCUT2D eigenvalue weighted by atomic mass is 19.4. The molecule has 0 aliphatic carbocycles. The van der Waals surface area contributed by atoms with Gasteiger partial charge in [0.1, 0.15) is 0 Å². The first-order valence-corrected chi connectivity index (χ1v) is 8.64. The third-order valence-electron chi connectivity index (χ3n) is 5.01. The molecular weight excluding hydrogens is 375 g/mol. The van der Waals surface area contributed by atoms with Crippen LogP contribution in [0.25, 0.3) is 11.1 Å². The SMILES string of the molecule is O=C(O)c1ccccc1-c1ccccc1C(=O)N1CCC(O)(C(F)(F)F)CC1. The smallest absolute Gasteiger partial charge is 0.417 e. The average molecular weight is 393 g/mol. The molecule has 1 amide bonds. The zero-order valence-electron chi connectivity index (χ0n) is 14.7. The van der Waals surface area contributed by atoms with Crippen molar-refractivity contribution in [2.75, 3.05) is 13.1 Å². The van der Waals surface area contributed by atoms with Gasteiger partial charge in [-0.2, -0.15) is 13.2 Å². The molecule has 5 nitrogen and oxygen atoms in total. The summed E-state index contributed by atoms with van der Waals surface area (Å²) in [5.74, 6) is -1.65. The van der Waals surface area contributed by atoms with E-state index in [0.717, 1.165) is 0 Å². The molecular formula is C20H18F3NO4. The molecule has 2 aromatic rings. The summed E-state index contributed by atoms with van der Waals surface area (Å²) in [6.45, 7) is -0.493. The Labute approximate surface area is 159 Å². The average Bonchev–Trinajstić information content (AvgIpc) is 2.67. The summed E-state index contributed by atoms with van der Waals surface area (Å²) < 4.78 is 38.9. The van der Waals surface area contributed by atoms with Crippen molar-refractivity contribution in [1.29, 1.82) is 0 Å². The van der Waals surface area contributed by atoms with Gasteiger partial charge < -0.3 is 15.1 Å². The highest BCUT2D eigenvalue weighted by Crippen LogP contribution is 2.39. The molecule has 0 radical (unpaired) electrons. The molecule has 1 saturated heterocycles. The van der Waals surface area contributed by atoms with Gasteiger partial charge in [-0.25, -0.2) is 4.79 Å². The minimum atomic E-state index is -4.75. The van der Waals surface area contributed by atoms with Crippen LogP contribution in [0, 0.1) is 0 Å². The van der Waals surface area contributed by atoms with Crippen molar-refractivity contribution in [2.24, 2.45) is 0 Å². The Bertz CT molecular complexity index is 902. The van der Waals surface area contributed by atoms with Crippen molar-refractivity contribution in [3.63, 3.8) is 0 Å². The number of likely N-dealkylation sites (tertiary alicyclic amines) is 1. The number of aromatic carboxylic acids is 1. The first-order chi connectivity index (χ1) is 13.1. The summed E-state index contributed by atoms with van der Waals surface area (Å²) >= 11 is 0. The van der Waals surface area contributed by atoms with Crippen LogP contribution in [0.4, 0.5) is 13.2 Å². The van der Waals surface area contributed by atoms with Gasteiger partial charge in [0.05, 0.1) is 5.56 Å². The number of nitrogens with zero attached hydrogens (tertiary/aromatic N) is 1. The molecule has 2 aromatic carbocycles. The predicted molar refractivity (Wildman–Crippen MR) is 95.0 cm³/mol. The van der Waals surface area contributed by atoms with Gasteiger partial charge in [0.15, 0.2) is 5.60 Å². The van der Waals surface area contributed by atoms with Gasteiger partial charge in [0, 0.05) is 31.5 Å². The van der Waals surface area contributed by atoms with Gasteiger partial charge in [0.25, 0.3) is 5.91 Å². The van der Waals surface area contributed by atoms with Gasteiger partial charge in [-0.05, 0) is 23.3 Å². The van der Waals surface area contributed by atoms with E-state index in [-0.39, 0.29) is 24.2 Å². The lowest BCUT2D eigenvalue weighted by Gasteiger charge is -2.39. The van der Waals surface area contributed by atoms with Crippen molar-refractivity contribution in [1.82, 2.24) is 4.90 Å². The highest BCUT2D eigenvalue weighted by molar-refractivity contribution is 6.04. The molecule has 8 heteroatoms. The van der Waals surface area contributed by atoms with Gasteiger partial charge >= 0.3 is 12.1 Å². The predicted octanol–water partition coefficient (Wildman–Crippen LogP) is 3.58. The number of alkyl halides is 3. The molecule has 0 bridgehead atoms. The van der Waals surface area contributed by atoms with Crippen LogP contribution in [0.3, 0.4) is 0 Å². The first kappa shape index (κ1) is 19.9. The molecule has 3 rings (SSSR count). The normalized spacial score (nSPS) is 16.6. The van der Waals surface area contributed by atoms with Crippen molar-refractivity contribution >= 4 is 11.9 Å². The van der Waals surface area contributed by atoms with Crippen LogP contribution < -0.4 is 0 Å². The maximum atomic E-state index is 13.0. The number of hydrogen-bond donors (Lipinski definition) is 2. The second kappa shape index (κ2) is 7.27. The van der Waals surface area contributed by atoms with Gasteiger partial charge in [-0.3, -0.25) is 4.79 Å². The first-order valence-electron chi connectivity index (χ1n) is 8.64. The monoisotopic (exact) mass is 393 g/mol. The Morgan fingerprint density at radius 2 is 1.36 bits per heavy atom. The van der Waals surface area contributed by atoms with E-state index in [4.69, 9.17) is 0 Å². The molecule has 2 N–H and O–H groups in total. The van der Waals surface area contributed by atoms with E-state index in [1.165, 1.54) is 17.0 Å². The number of carbonyl (C=O) groups is 2. The number of benzene rings is 2. The Hall–Kier alpha value is -2.87. The lowest BCUT2D eigenvalue weighted by Crippen LogP contribution is -2.54. The van der Waals surface area contributed by atoms with E-state index < -0.39 is 36.5 Å². The molecule has 148 valence electrons.